The van der Waals surface area contributed by atoms with Crippen LogP contribution in [-0.4, -0.2) is 111 Å². The molecule has 112 heavy (non-hydrogen) atoms. The second-order valence-electron chi connectivity index (χ2n) is 25.4. The maximum atomic E-state index is 11.3. The van der Waals surface area contributed by atoms with E-state index in [4.69, 9.17) is 58.1 Å². The molecule has 23 heteroatoms. The Morgan fingerprint density at radius 1 is 0.545 bits per heavy atom. The van der Waals surface area contributed by atoms with Crippen molar-refractivity contribution < 1.29 is 292 Å². The number of phenolic OH excluding ortho intramolecular Hbond substituents is 1. The van der Waals surface area contributed by atoms with Crippen LogP contribution in [-0.2, 0) is 245 Å². The topological polar surface area (TPSA) is 212 Å². The Labute approximate surface area is 847 Å². The van der Waals surface area contributed by atoms with E-state index in [0.717, 1.165) is 124 Å². The number of amides is 1. The first-order valence-corrected chi connectivity index (χ1v) is 35.5. The number of hydrogen-bond donors (Lipinski definition) is 5. The zero-order chi connectivity index (χ0) is 76.8. The van der Waals surface area contributed by atoms with Crippen LogP contribution in [0.1, 0.15) is 145 Å². The number of piperidine rings is 1. The number of nitrogens with zero attached hydrogens (tertiary/aromatic N) is 1. The van der Waals surface area contributed by atoms with Gasteiger partial charge in [0.05, 0.1) is 48.7 Å². The number of nitriles is 1. The first kappa shape index (κ1) is 114. The minimum absolute atomic E-state index is 0. The molecule has 2 saturated heterocycles. The summed E-state index contributed by atoms with van der Waals surface area (Å²) in [5.41, 5.74) is 13.5. The number of phenols is 1. The normalized spacial score (nSPS) is 15.5. The van der Waals surface area contributed by atoms with E-state index in [1.54, 1.807) is 31.2 Å². The molecule has 8 aromatic carbocycles. The Hall–Kier alpha value is -2.42. The molecule has 2 fully saturated rings. The standard InChI is InChI=1S/C14H18N2O2.C12H16O2.2C11H12O2.C10H10O3.C9H10.C8H8O.C8H8.C4H8O.C2H3N.7Y/c17-14-9-18-13-2-1-11(8-12(13)16-14)7-10-3-5-15-6-4-10;1-4-11(13)8-14-12-6-5-9(2)7-10(12)3;2*1-3-9-7-12-10-5-4-8(2)6-11(10)13-9;1-7-2-3-9-10(4-7)13-8(5-11)6-12-9;1-7-4-5-8(2)9(3)6-7;1-6-3-4-8(9)7(2)5-6;1-7-3-5-8(2)6-4-7;1-2-4-3-5-4;1-2-3;;;;;;;/h1-2,8,10,15H,3-7,9H2,(H,16,17);5-6,11,13H,2,4,8H2,1,3H3;2*4-5,9H,2-3,7H2,1H3;2-3,8,11H,1,5-6H2;4-5H,1H2,2-3H3;3-4,9H,1H2,2H3;3,5-6H,1H2,2H3;4H,2-3H2,1H3;1H3;;;;;;;/q;7*-2;;;;;;;;;/t;11-;2*9-;8-;;;;4-;;;;;;;;/m.0000...0......../s1. The van der Waals surface area contributed by atoms with Crippen molar-refractivity contribution in [2.24, 2.45) is 5.92 Å². The molecule has 0 spiro atoms. The summed E-state index contributed by atoms with van der Waals surface area (Å²) < 4.78 is 48.7. The van der Waals surface area contributed by atoms with E-state index in [9.17, 15) is 9.90 Å². The molecule has 7 radical (unpaired) electrons. The number of aliphatic hydroxyl groups is 2. The van der Waals surface area contributed by atoms with Crippen LogP contribution in [0.3, 0.4) is 0 Å². The number of ether oxygens (including phenoxy) is 9. The molecule has 5 N–H and O–H groups in total. The summed E-state index contributed by atoms with van der Waals surface area (Å²) >= 11 is 0. The minimum Gasteiger partial charge on any atom is -0.512 e. The van der Waals surface area contributed by atoms with Crippen molar-refractivity contribution in [3.05, 3.63) is 272 Å². The second-order valence-corrected chi connectivity index (χ2v) is 25.4. The number of benzene rings is 8. The zero-order valence-electron chi connectivity index (χ0n) is 67.0. The molecule has 6 aliphatic rings. The van der Waals surface area contributed by atoms with E-state index in [-0.39, 0.29) is 272 Å². The third-order valence-corrected chi connectivity index (χ3v) is 16.3. The van der Waals surface area contributed by atoms with E-state index in [2.05, 4.69) is 147 Å². The second kappa shape index (κ2) is 63.6. The molecule has 0 bridgehead atoms. The number of fused-ring (bicyclic) bond motifs is 4. The predicted molar refractivity (Wildman–Crippen MR) is 414 cm³/mol. The smallest absolute Gasteiger partial charge is 0.262 e. The Morgan fingerprint density at radius 3 is 1.38 bits per heavy atom. The summed E-state index contributed by atoms with van der Waals surface area (Å²) in [6.07, 6.45) is 7.63. The largest absolute Gasteiger partial charge is 0.512 e. The first-order valence-electron chi connectivity index (χ1n) is 35.5. The van der Waals surface area contributed by atoms with E-state index in [1.807, 2.05) is 100 Å². The quantitative estimate of drug-likeness (QED) is 0.0637. The van der Waals surface area contributed by atoms with Gasteiger partial charge in [-0.25, -0.2) is 0 Å². The fraction of sp³-hybridized carbons (Fsp3) is 0.360. The van der Waals surface area contributed by atoms with Gasteiger partial charge >= 0.3 is 0 Å². The Kier molecular flexibility index (Phi) is 64.6. The van der Waals surface area contributed by atoms with Crippen LogP contribution in [0.2, 0.25) is 0 Å². The molecular formula is C89H105N3O13Y7-14. The average Bonchev–Trinajstić information content (AvgIpc) is 1.30. The van der Waals surface area contributed by atoms with Gasteiger partial charge in [0.15, 0.2) is 12.7 Å². The fourth-order valence-corrected chi connectivity index (χ4v) is 9.75. The Bertz CT molecular complexity index is 3730. The van der Waals surface area contributed by atoms with Gasteiger partial charge in [0.2, 0.25) is 0 Å². The number of aromatic hydroxyl groups is 1. The number of hydrogen-bond acceptors (Lipinski definition) is 15. The van der Waals surface area contributed by atoms with Crippen molar-refractivity contribution >= 4 is 11.6 Å². The van der Waals surface area contributed by atoms with Crippen LogP contribution in [0.4, 0.5) is 5.69 Å². The van der Waals surface area contributed by atoms with Gasteiger partial charge in [-0.2, -0.15) is 29.0 Å². The predicted octanol–water partition coefficient (Wildman–Crippen LogP) is 16.2. The van der Waals surface area contributed by atoms with Gasteiger partial charge in [0, 0.05) is 253 Å². The molecular weight excluding hydrogens is 1940 g/mol. The molecule has 6 heterocycles. The van der Waals surface area contributed by atoms with E-state index < -0.39 is 6.10 Å². The summed E-state index contributed by atoms with van der Waals surface area (Å²) in [7, 11) is 0. The molecule has 0 unspecified atom stereocenters. The number of nitrogens with one attached hydrogen (secondary N) is 2. The average molecular weight is 2050 g/mol. The third-order valence-electron chi connectivity index (χ3n) is 16.3. The molecule has 0 aliphatic carbocycles. The van der Waals surface area contributed by atoms with Crippen LogP contribution in [0, 0.1) is 143 Å². The van der Waals surface area contributed by atoms with Crippen molar-refractivity contribution in [1.29, 1.82) is 5.26 Å². The van der Waals surface area contributed by atoms with Gasteiger partial charge < -0.3 is 198 Å². The molecule has 0 saturated carbocycles. The van der Waals surface area contributed by atoms with Crippen molar-refractivity contribution in [2.75, 3.05) is 64.7 Å². The maximum Gasteiger partial charge on any atom is 0.262 e. The Morgan fingerprint density at radius 2 is 0.973 bits per heavy atom. The Balaban J connectivity index is -0.00000120. The van der Waals surface area contributed by atoms with Crippen LogP contribution in [0.15, 0.2) is 109 Å². The number of carbonyl (C=O) groups is 1. The van der Waals surface area contributed by atoms with Crippen LogP contribution in [0.25, 0.3) is 0 Å². The van der Waals surface area contributed by atoms with E-state index in [0.29, 0.717) is 62.0 Å². The number of anilines is 1. The van der Waals surface area contributed by atoms with Crippen LogP contribution >= 0.6 is 0 Å². The summed E-state index contributed by atoms with van der Waals surface area (Å²) in [6.45, 7) is 51.0. The monoisotopic (exact) mass is 2050 g/mol. The molecule has 589 valence electrons. The summed E-state index contributed by atoms with van der Waals surface area (Å²) in [5.74, 6) is 6.67. The fourth-order valence-electron chi connectivity index (χ4n) is 9.75. The number of rotatable bonds is 10. The minimum atomic E-state index is -0.395. The third kappa shape index (κ3) is 45.1. The number of epoxide rings is 1. The molecule has 16 nitrogen and oxygen atoms in total. The van der Waals surface area contributed by atoms with Gasteiger partial charge in [0.1, 0.15) is 61.6 Å². The van der Waals surface area contributed by atoms with Gasteiger partial charge in [-0.15, -0.1) is 41.5 Å². The van der Waals surface area contributed by atoms with Crippen molar-refractivity contribution in [3.8, 4) is 57.8 Å². The zero-order valence-corrected chi connectivity index (χ0v) is 86.9. The van der Waals surface area contributed by atoms with Crippen molar-refractivity contribution in [1.82, 2.24) is 5.32 Å². The van der Waals surface area contributed by atoms with E-state index in [1.165, 1.54) is 48.4 Å². The maximum absolute atomic E-state index is 11.3. The van der Waals surface area contributed by atoms with Crippen LogP contribution in [0.5, 0.6) is 51.7 Å². The van der Waals surface area contributed by atoms with Crippen LogP contribution < -0.4 is 48.5 Å². The molecule has 5 atom stereocenters. The first-order chi connectivity index (χ1) is 50.3. The number of aryl methyl sites for hydroxylation is 5. The van der Waals surface area contributed by atoms with E-state index >= 15 is 0 Å². The van der Waals surface area contributed by atoms with Gasteiger partial charge in [-0.1, -0.05) is 65.7 Å². The van der Waals surface area contributed by atoms with Gasteiger partial charge in [0.25, 0.3) is 5.91 Å². The summed E-state index contributed by atoms with van der Waals surface area (Å²) in [4.78, 5) is 11.3. The molecule has 0 aromatic heterocycles. The summed E-state index contributed by atoms with van der Waals surface area (Å²) in [6, 6.07) is 57.0. The SMILES string of the molecule is CC#N.CC[C@H]1CO1.O=C1COc2ccc(CC3CCNCC3)cc2N1.[CH2-]c1[c-]c(C)c(C)cc1.[CH2-]c1[c-]c(C)c(O)cc1.[CH2-]c1[c-]c(C)c(OC[C@@H](O)CC)cc1.[CH2-]c1[c-]c2c(cc1)OC[C@H](CC)O2.[CH2-]c1[c-]c2c(cc1)OC[C@H](CC)O2.[CH2-]c1[c-]c2c(cc1)OC[C@H](CO)O2.[CH2-]c1[c-]cc(C)cc1.[Y].[Y].[Y].[Y].[Y].[Y].[Y]. The molecule has 1 amide bonds. The number of carbonyl (C=O) groups excluding carboxylic acids is 1. The molecule has 14 rings (SSSR count). The van der Waals surface area contributed by atoms with Gasteiger partial charge in [-0.3, -0.25) is 47.3 Å². The molecule has 8 aromatic rings. The molecule has 6 aliphatic heterocycles. The van der Waals surface area contributed by atoms with Crippen molar-refractivity contribution in [2.45, 2.75) is 145 Å². The van der Waals surface area contributed by atoms with Crippen molar-refractivity contribution in [3.63, 3.8) is 0 Å². The summed E-state index contributed by atoms with van der Waals surface area (Å²) in [5, 5.41) is 40.7. The number of aliphatic hydroxyl groups excluding tert-OH is 2. The van der Waals surface area contributed by atoms with Gasteiger partial charge in [-0.05, 0) is 95.5 Å².